The lowest BCUT2D eigenvalue weighted by Gasteiger charge is -2.12. The Labute approximate surface area is 101 Å². The largest absolute Gasteiger partial charge is 0.0955 e. The van der Waals surface area contributed by atoms with E-state index in [0.717, 1.165) is 11.1 Å². The Morgan fingerprint density at radius 2 is 1.06 bits per heavy atom. The molecular weight excluding hydrogens is 192 g/mol. The predicted molar refractivity (Wildman–Crippen MR) is 76.7 cm³/mol. The Hall–Kier alpha value is -1.30. The van der Waals surface area contributed by atoms with Gasteiger partial charge in [-0.15, -0.1) is 0 Å². The first-order chi connectivity index (χ1) is 7.43. The molecule has 1 aromatic carbocycles. The first-order valence-corrected chi connectivity index (χ1v) is 5.86. The number of aryl methyl sites for hydroxylation is 2. The van der Waals surface area contributed by atoms with Crippen LogP contribution in [0.5, 0.6) is 0 Å². The van der Waals surface area contributed by atoms with Crippen molar-refractivity contribution in [3.05, 3.63) is 47.5 Å². The van der Waals surface area contributed by atoms with Crippen molar-refractivity contribution >= 4 is 11.1 Å². The van der Waals surface area contributed by atoms with E-state index >= 15 is 0 Å². The minimum Gasteiger partial charge on any atom is -0.0955 e. The Bertz CT molecular complexity index is 356. The summed E-state index contributed by atoms with van der Waals surface area (Å²) in [5.74, 6) is 0. The molecule has 0 saturated carbocycles. The maximum Gasteiger partial charge on any atom is -0.0155 e. The van der Waals surface area contributed by atoms with Crippen LogP contribution in [0.3, 0.4) is 0 Å². The summed E-state index contributed by atoms with van der Waals surface area (Å²) in [4.78, 5) is 0. The third kappa shape index (κ3) is 3.37. The van der Waals surface area contributed by atoms with Crippen LogP contribution in [0.1, 0.15) is 49.9 Å². The van der Waals surface area contributed by atoms with Crippen molar-refractivity contribution in [3.63, 3.8) is 0 Å². The molecule has 0 atom stereocenters. The molecule has 0 amide bonds. The maximum absolute atomic E-state index is 4.00. The van der Waals surface area contributed by atoms with E-state index in [2.05, 4.69) is 39.1 Å². The molecule has 0 N–H and O–H groups in total. The van der Waals surface area contributed by atoms with Crippen LogP contribution in [0.4, 0.5) is 0 Å². The van der Waals surface area contributed by atoms with Gasteiger partial charge < -0.3 is 0 Å². The summed E-state index contributed by atoms with van der Waals surface area (Å²) in [5, 5.41) is 0. The molecule has 0 fully saturated rings. The number of hydrogen-bond donors (Lipinski definition) is 0. The van der Waals surface area contributed by atoms with E-state index in [9.17, 15) is 0 Å². The monoisotopic (exact) mass is 216 g/mol. The molecule has 16 heavy (non-hydrogen) atoms. The standard InChI is InChI=1S/C14H18.C2H6/c1-9(2)13-7-11(5)12(6)8-14(13)10(3)4;1-2/h7-8H,1,3H2,2,4-6H3;1-2H3. The minimum absolute atomic E-state index is 1.10. The van der Waals surface area contributed by atoms with Crippen LogP contribution in [-0.2, 0) is 0 Å². The zero-order valence-corrected chi connectivity index (χ0v) is 11.6. The van der Waals surface area contributed by atoms with Gasteiger partial charge in [-0.1, -0.05) is 50.3 Å². The summed E-state index contributed by atoms with van der Waals surface area (Å²) < 4.78 is 0. The molecule has 0 spiro atoms. The summed E-state index contributed by atoms with van der Waals surface area (Å²) >= 11 is 0. The first kappa shape index (κ1) is 14.7. The molecule has 0 aromatic heterocycles. The van der Waals surface area contributed by atoms with Gasteiger partial charge in [0.05, 0.1) is 0 Å². The summed E-state index contributed by atoms with van der Waals surface area (Å²) in [6, 6.07) is 4.39. The summed E-state index contributed by atoms with van der Waals surface area (Å²) in [5.41, 5.74) is 7.28. The van der Waals surface area contributed by atoms with Gasteiger partial charge >= 0.3 is 0 Å². The second-order valence-electron chi connectivity index (χ2n) is 4.04. The molecule has 1 rings (SSSR count). The quantitative estimate of drug-likeness (QED) is 0.621. The molecule has 0 radical (unpaired) electrons. The lowest BCUT2D eigenvalue weighted by Crippen LogP contribution is -1.92. The van der Waals surface area contributed by atoms with E-state index in [0.29, 0.717) is 0 Å². The summed E-state index contributed by atoms with van der Waals surface area (Å²) in [7, 11) is 0. The van der Waals surface area contributed by atoms with Gasteiger partial charge in [0, 0.05) is 0 Å². The number of hydrogen-bond acceptors (Lipinski definition) is 0. The smallest absolute Gasteiger partial charge is 0.0155 e. The van der Waals surface area contributed by atoms with Crippen molar-refractivity contribution in [1.29, 1.82) is 0 Å². The molecule has 1 aromatic rings. The normalized spacial score (nSPS) is 9.12. The van der Waals surface area contributed by atoms with E-state index < -0.39 is 0 Å². The van der Waals surface area contributed by atoms with Gasteiger partial charge in [0.2, 0.25) is 0 Å². The average molecular weight is 216 g/mol. The fraction of sp³-hybridized carbons (Fsp3) is 0.375. The molecule has 0 aliphatic heterocycles. The highest BCUT2D eigenvalue weighted by Gasteiger charge is 2.06. The number of benzene rings is 1. The topological polar surface area (TPSA) is 0 Å². The van der Waals surface area contributed by atoms with Crippen LogP contribution in [-0.4, -0.2) is 0 Å². The highest BCUT2D eigenvalue weighted by molar-refractivity contribution is 5.77. The van der Waals surface area contributed by atoms with E-state index in [1.165, 1.54) is 22.3 Å². The van der Waals surface area contributed by atoms with E-state index in [-0.39, 0.29) is 0 Å². The van der Waals surface area contributed by atoms with Crippen LogP contribution < -0.4 is 0 Å². The van der Waals surface area contributed by atoms with E-state index in [1.807, 2.05) is 27.7 Å². The van der Waals surface area contributed by atoms with Crippen molar-refractivity contribution in [2.24, 2.45) is 0 Å². The number of rotatable bonds is 2. The van der Waals surface area contributed by atoms with Crippen molar-refractivity contribution in [2.75, 3.05) is 0 Å². The summed E-state index contributed by atoms with van der Waals surface area (Å²) in [6.45, 7) is 20.3. The second kappa shape index (κ2) is 6.32. The molecule has 88 valence electrons. The van der Waals surface area contributed by atoms with Gasteiger partial charge in [0.1, 0.15) is 0 Å². The molecule has 0 unspecified atom stereocenters. The molecule has 0 saturated heterocycles. The average Bonchev–Trinajstić information content (AvgIpc) is 2.23. The van der Waals surface area contributed by atoms with Crippen LogP contribution in [0, 0.1) is 13.8 Å². The van der Waals surface area contributed by atoms with Gasteiger partial charge in [-0.3, -0.25) is 0 Å². The number of allylic oxidation sites excluding steroid dienone is 2. The zero-order valence-electron chi connectivity index (χ0n) is 11.6. The minimum atomic E-state index is 1.10. The molecule has 0 aliphatic carbocycles. The highest BCUT2D eigenvalue weighted by Crippen LogP contribution is 2.26. The molecule has 0 aliphatic rings. The van der Waals surface area contributed by atoms with Crippen LogP contribution >= 0.6 is 0 Å². The lowest BCUT2D eigenvalue weighted by atomic mass is 9.93. The van der Waals surface area contributed by atoms with Crippen molar-refractivity contribution in [3.8, 4) is 0 Å². The fourth-order valence-electron chi connectivity index (χ4n) is 1.52. The van der Waals surface area contributed by atoms with Crippen LogP contribution in [0.15, 0.2) is 25.3 Å². The van der Waals surface area contributed by atoms with Gasteiger partial charge in [0.15, 0.2) is 0 Å². The van der Waals surface area contributed by atoms with E-state index in [1.54, 1.807) is 0 Å². The summed E-state index contributed by atoms with van der Waals surface area (Å²) in [6.07, 6.45) is 0. The fourth-order valence-corrected chi connectivity index (χ4v) is 1.52. The Kier molecular flexibility index (Phi) is 5.81. The van der Waals surface area contributed by atoms with Gasteiger partial charge in [-0.25, -0.2) is 0 Å². The first-order valence-electron chi connectivity index (χ1n) is 5.86. The molecule has 0 heteroatoms. The van der Waals surface area contributed by atoms with E-state index in [4.69, 9.17) is 0 Å². The molecule has 0 bridgehead atoms. The van der Waals surface area contributed by atoms with Crippen molar-refractivity contribution < 1.29 is 0 Å². The van der Waals surface area contributed by atoms with Crippen molar-refractivity contribution in [1.82, 2.24) is 0 Å². The molecular formula is C16H24. The Balaban J connectivity index is 0.00000106. The molecule has 0 nitrogen and oxygen atoms in total. The van der Waals surface area contributed by atoms with Crippen LogP contribution in [0.25, 0.3) is 11.1 Å². The SMILES string of the molecule is C=C(C)c1cc(C)c(C)cc1C(=C)C.CC. The van der Waals surface area contributed by atoms with Gasteiger partial charge in [-0.2, -0.15) is 0 Å². The van der Waals surface area contributed by atoms with Gasteiger partial charge in [-0.05, 0) is 49.9 Å². The third-order valence-corrected chi connectivity index (χ3v) is 2.55. The van der Waals surface area contributed by atoms with Crippen molar-refractivity contribution in [2.45, 2.75) is 41.5 Å². The maximum atomic E-state index is 4.00. The second-order valence-corrected chi connectivity index (χ2v) is 4.04. The zero-order chi connectivity index (χ0) is 12.9. The predicted octanol–water partition coefficient (Wildman–Crippen LogP) is 5.40. The molecule has 0 heterocycles. The Morgan fingerprint density at radius 3 is 1.25 bits per heavy atom. The highest BCUT2D eigenvalue weighted by atomic mass is 14.1. The Morgan fingerprint density at radius 1 is 0.812 bits per heavy atom. The third-order valence-electron chi connectivity index (χ3n) is 2.55. The van der Waals surface area contributed by atoms with Crippen LogP contribution in [0.2, 0.25) is 0 Å². The lowest BCUT2D eigenvalue weighted by molar-refractivity contribution is 1.31. The van der Waals surface area contributed by atoms with Gasteiger partial charge in [0.25, 0.3) is 0 Å².